The van der Waals surface area contributed by atoms with Crippen molar-refractivity contribution >= 4 is 25.2 Å². The first-order valence-electron chi connectivity index (χ1n) is 4.76. The summed E-state index contributed by atoms with van der Waals surface area (Å²) < 4.78 is 0. The third kappa shape index (κ3) is 3.18. The Balaban J connectivity index is 5.09. The first-order chi connectivity index (χ1) is 8.27. The Hall–Kier alpha value is -2.62. The smallest absolute Gasteiger partial charge is 0.267 e. The molecule has 92 valence electrons. The van der Waals surface area contributed by atoms with Crippen LogP contribution in [-0.4, -0.2) is 25.2 Å². The molecule has 0 saturated heterocycles. The topological polar surface area (TPSA) is 58.9 Å². The van der Waals surface area contributed by atoms with Crippen molar-refractivity contribution in [3.63, 3.8) is 0 Å². The summed E-state index contributed by atoms with van der Waals surface area (Å²) in [6.07, 6.45) is 0. The average molecular weight is 242 g/mol. The molecule has 0 unspecified atom stereocenters. The number of nitrogens with zero attached hydrogens (tertiary/aromatic N) is 2. The standard InChI is InChI=1S/C14H14N2O2/c1-8(9(2)11(4)13(17)15-6)10(3)12(5)14(18)16-7/h1-7H2. The van der Waals surface area contributed by atoms with E-state index in [0.29, 0.717) is 0 Å². The van der Waals surface area contributed by atoms with Gasteiger partial charge in [0.1, 0.15) is 0 Å². The first-order valence-corrected chi connectivity index (χ1v) is 4.76. The highest BCUT2D eigenvalue weighted by Gasteiger charge is 2.17. The number of amides is 2. The van der Waals surface area contributed by atoms with Crippen LogP contribution in [0, 0.1) is 0 Å². The van der Waals surface area contributed by atoms with Crippen molar-refractivity contribution in [2.75, 3.05) is 0 Å². The lowest BCUT2D eigenvalue weighted by molar-refractivity contribution is -0.114. The van der Waals surface area contributed by atoms with Gasteiger partial charge >= 0.3 is 0 Å². The van der Waals surface area contributed by atoms with Gasteiger partial charge in [0, 0.05) is 11.1 Å². The predicted octanol–water partition coefficient (Wildman–Crippen LogP) is 2.22. The van der Waals surface area contributed by atoms with Gasteiger partial charge in [0.05, 0.1) is 0 Å². The van der Waals surface area contributed by atoms with Crippen molar-refractivity contribution in [3.8, 4) is 0 Å². The quantitative estimate of drug-likeness (QED) is 0.407. The molecule has 0 fully saturated rings. The van der Waals surface area contributed by atoms with Crippen molar-refractivity contribution in [2.24, 2.45) is 9.98 Å². The van der Waals surface area contributed by atoms with Crippen LogP contribution in [0.4, 0.5) is 0 Å². The molecule has 0 atom stereocenters. The fraction of sp³-hybridized carbons (Fsp3) is 0. The maximum atomic E-state index is 11.3. The first kappa shape index (κ1) is 15.4. The zero-order valence-corrected chi connectivity index (χ0v) is 10.2. The number of hydrogen-bond donors (Lipinski definition) is 0. The highest BCUT2D eigenvalue weighted by atomic mass is 16.1. The van der Waals surface area contributed by atoms with Gasteiger partial charge in [0.2, 0.25) is 0 Å². The molecule has 0 spiro atoms. The molecule has 0 aliphatic carbocycles. The lowest BCUT2D eigenvalue weighted by Gasteiger charge is -2.12. The maximum Gasteiger partial charge on any atom is 0.276 e. The maximum absolute atomic E-state index is 11.3. The van der Waals surface area contributed by atoms with Crippen molar-refractivity contribution < 1.29 is 9.59 Å². The number of allylic oxidation sites excluding steroid dienone is 1. The highest BCUT2D eigenvalue weighted by molar-refractivity contribution is 6.04. The van der Waals surface area contributed by atoms with Crippen molar-refractivity contribution in [1.29, 1.82) is 0 Å². The lowest BCUT2D eigenvalue weighted by atomic mass is 9.92. The summed E-state index contributed by atoms with van der Waals surface area (Å²) >= 11 is 0. The molecule has 0 aromatic rings. The van der Waals surface area contributed by atoms with E-state index in [1.54, 1.807) is 0 Å². The van der Waals surface area contributed by atoms with Gasteiger partial charge in [0.15, 0.2) is 0 Å². The molecule has 0 N–H and O–H groups in total. The molecule has 0 aliphatic heterocycles. The molecule has 0 aromatic carbocycles. The van der Waals surface area contributed by atoms with E-state index in [4.69, 9.17) is 0 Å². The van der Waals surface area contributed by atoms with Crippen LogP contribution in [0.15, 0.2) is 70.7 Å². The van der Waals surface area contributed by atoms with Crippen LogP contribution in [0.2, 0.25) is 0 Å². The predicted molar refractivity (Wildman–Crippen MR) is 74.8 cm³/mol. The van der Waals surface area contributed by atoms with Gasteiger partial charge in [-0.25, -0.2) is 9.98 Å². The number of aliphatic imine (C=N–C) groups is 2. The summed E-state index contributed by atoms with van der Waals surface area (Å²) in [5.74, 6) is -1.24. The number of carbonyl (C=O) groups excluding carboxylic acids is 2. The number of rotatable bonds is 6. The Bertz CT molecular complexity index is 476. The van der Waals surface area contributed by atoms with Crippen LogP contribution in [-0.2, 0) is 9.59 Å². The third-order valence-corrected chi connectivity index (χ3v) is 2.26. The minimum Gasteiger partial charge on any atom is -0.267 e. The zero-order chi connectivity index (χ0) is 14.5. The van der Waals surface area contributed by atoms with Crippen LogP contribution in [0.5, 0.6) is 0 Å². The van der Waals surface area contributed by atoms with Gasteiger partial charge in [-0.05, 0) is 30.2 Å². The summed E-state index contributed by atoms with van der Waals surface area (Å²) in [7, 11) is 0. The molecular weight excluding hydrogens is 228 g/mol. The summed E-state index contributed by atoms with van der Waals surface area (Å²) in [5.41, 5.74) is 0.760. The van der Waals surface area contributed by atoms with Crippen LogP contribution in [0.1, 0.15) is 0 Å². The van der Waals surface area contributed by atoms with Crippen molar-refractivity contribution in [3.05, 3.63) is 60.8 Å². The molecule has 0 saturated carbocycles. The van der Waals surface area contributed by atoms with E-state index in [0.717, 1.165) is 0 Å². The second-order valence-corrected chi connectivity index (χ2v) is 3.32. The Morgan fingerprint density at radius 2 is 0.778 bits per heavy atom. The van der Waals surface area contributed by atoms with E-state index < -0.39 is 11.8 Å². The Labute approximate surface area is 106 Å². The van der Waals surface area contributed by atoms with Crippen LogP contribution >= 0.6 is 0 Å². The molecule has 0 aromatic heterocycles. The Kier molecular flexibility index (Phi) is 5.30. The van der Waals surface area contributed by atoms with Crippen LogP contribution in [0.3, 0.4) is 0 Å². The van der Waals surface area contributed by atoms with Gasteiger partial charge in [-0.1, -0.05) is 32.9 Å². The van der Waals surface area contributed by atoms with Gasteiger partial charge in [0.25, 0.3) is 11.8 Å². The molecule has 0 rings (SSSR count). The molecule has 0 radical (unpaired) electrons. The molecule has 0 bridgehead atoms. The summed E-state index contributed by atoms with van der Waals surface area (Å²) in [4.78, 5) is 28.9. The summed E-state index contributed by atoms with van der Waals surface area (Å²) in [6.45, 7) is 24.2. The Morgan fingerprint density at radius 3 is 1.00 bits per heavy atom. The highest BCUT2D eigenvalue weighted by Crippen LogP contribution is 2.26. The van der Waals surface area contributed by atoms with E-state index in [1.165, 1.54) is 0 Å². The molecule has 4 nitrogen and oxygen atoms in total. The van der Waals surface area contributed by atoms with E-state index in [2.05, 4.69) is 56.3 Å². The minimum absolute atomic E-state index is 0.0305. The monoisotopic (exact) mass is 242 g/mol. The second-order valence-electron chi connectivity index (χ2n) is 3.32. The second kappa shape index (κ2) is 6.20. The van der Waals surface area contributed by atoms with Crippen LogP contribution in [0.25, 0.3) is 0 Å². The van der Waals surface area contributed by atoms with E-state index in [9.17, 15) is 9.59 Å². The molecule has 4 heteroatoms. The van der Waals surface area contributed by atoms with Crippen LogP contribution < -0.4 is 0 Å². The van der Waals surface area contributed by atoms with Gasteiger partial charge in [-0.3, -0.25) is 9.59 Å². The summed E-state index contributed by atoms with van der Waals surface area (Å²) in [5, 5.41) is 0. The number of carbonyl (C=O) groups is 2. The average Bonchev–Trinajstić information content (AvgIpc) is 2.40. The Morgan fingerprint density at radius 1 is 0.556 bits per heavy atom. The lowest BCUT2D eigenvalue weighted by Crippen LogP contribution is -2.06. The normalized spacial score (nSPS) is 8.89. The van der Waals surface area contributed by atoms with Gasteiger partial charge < -0.3 is 0 Å². The zero-order valence-electron chi connectivity index (χ0n) is 10.2. The largest absolute Gasteiger partial charge is 0.276 e. The molecule has 2 amide bonds. The number of hydrogen-bond acceptors (Lipinski definition) is 2. The minimum atomic E-state index is -0.618. The fourth-order valence-electron chi connectivity index (χ4n) is 0.995. The summed E-state index contributed by atoms with van der Waals surface area (Å²) in [6, 6.07) is 0. The van der Waals surface area contributed by atoms with Crippen molar-refractivity contribution in [2.45, 2.75) is 0 Å². The van der Waals surface area contributed by atoms with Gasteiger partial charge in [-0.15, -0.1) is 0 Å². The molecule has 0 aliphatic rings. The molecule has 0 heterocycles. The molecule has 18 heavy (non-hydrogen) atoms. The SMILES string of the molecule is C=NC(=O)C(=C)C(=C)C(=C)C(=C)C(=C)C(=O)N=C. The van der Waals surface area contributed by atoms with E-state index in [1.807, 2.05) is 0 Å². The van der Waals surface area contributed by atoms with Crippen molar-refractivity contribution in [1.82, 2.24) is 0 Å². The molecular formula is C14H14N2O2. The van der Waals surface area contributed by atoms with E-state index >= 15 is 0 Å². The fourth-order valence-corrected chi connectivity index (χ4v) is 0.995. The van der Waals surface area contributed by atoms with Gasteiger partial charge in [-0.2, -0.15) is 0 Å². The third-order valence-electron chi connectivity index (χ3n) is 2.26. The van der Waals surface area contributed by atoms with E-state index in [-0.39, 0.29) is 27.9 Å².